The van der Waals surface area contributed by atoms with E-state index in [1.165, 1.54) is 13.2 Å². The zero-order valence-electron chi connectivity index (χ0n) is 15.6. The van der Waals surface area contributed by atoms with Gasteiger partial charge >= 0.3 is 12.6 Å². The van der Waals surface area contributed by atoms with Gasteiger partial charge in [0.2, 0.25) is 5.91 Å². The second kappa shape index (κ2) is 9.54. The van der Waals surface area contributed by atoms with Crippen LogP contribution in [0.4, 0.5) is 20.2 Å². The molecule has 0 heterocycles. The number of amides is 1. The fourth-order valence-corrected chi connectivity index (χ4v) is 2.47. The van der Waals surface area contributed by atoms with Crippen LogP contribution in [-0.4, -0.2) is 46.3 Å². The molecule has 0 fully saturated rings. The zero-order chi connectivity index (χ0) is 20.7. The number of alkyl halides is 2. The minimum atomic E-state index is -3.11. The van der Waals surface area contributed by atoms with Gasteiger partial charge in [-0.1, -0.05) is 18.2 Å². The quantitative estimate of drug-likeness (QED) is 0.693. The SMILES string of the molecule is COC(=O)c1cc(OC)c(OC(F)F)cc1NC(=O)CN(C)c1ccccc1. The van der Waals surface area contributed by atoms with Crippen LogP contribution < -0.4 is 19.7 Å². The van der Waals surface area contributed by atoms with E-state index in [1.54, 1.807) is 11.9 Å². The molecule has 28 heavy (non-hydrogen) atoms. The second-order valence-corrected chi connectivity index (χ2v) is 5.66. The number of anilines is 2. The molecule has 1 amide bonds. The molecule has 0 unspecified atom stereocenters. The first-order valence-corrected chi connectivity index (χ1v) is 8.17. The van der Waals surface area contributed by atoms with E-state index < -0.39 is 18.5 Å². The van der Waals surface area contributed by atoms with Crippen molar-refractivity contribution in [3.05, 3.63) is 48.0 Å². The molecule has 0 atom stereocenters. The van der Waals surface area contributed by atoms with Gasteiger partial charge in [-0.3, -0.25) is 4.79 Å². The van der Waals surface area contributed by atoms with E-state index in [0.29, 0.717) is 0 Å². The predicted molar refractivity (Wildman–Crippen MR) is 99.3 cm³/mol. The van der Waals surface area contributed by atoms with Crippen LogP contribution >= 0.6 is 0 Å². The summed E-state index contributed by atoms with van der Waals surface area (Å²) < 4.78 is 39.4. The molecule has 2 rings (SSSR count). The van der Waals surface area contributed by atoms with Gasteiger partial charge < -0.3 is 24.4 Å². The molecule has 0 spiro atoms. The lowest BCUT2D eigenvalue weighted by atomic mass is 10.1. The van der Waals surface area contributed by atoms with Gasteiger partial charge in [0, 0.05) is 24.9 Å². The lowest BCUT2D eigenvalue weighted by molar-refractivity contribution is -0.114. The van der Waals surface area contributed by atoms with Crippen molar-refractivity contribution in [2.75, 3.05) is 38.0 Å². The summed E-state index contributed by atoms with van der Waals surface area (Å²) in [5.41, 5.74) is 0.716. The van der Waals surface area contributed by atoms with E-state index in [4.69, 9.17) is 4.74 Å². The Morgan fingerprint density at radius 2 is 1.79 bits per heavy atom. The maximum absolute atomic E-state index is 12.7. The molecule has 0 aromatic heterocycles. The van der Waals surface area contributed by atoms with Crippen molar-refractivity contribution in [3.63, 3.8) is 0 Å². The Labute approximate surface area is 160 Å². The molecule has 150 valence electrons. The summed E-state index contributed by atoms with van der Waals surface area (Å²) in [5.74, 6) is -1.66. The molecule has 0 radical (unpaired) electrons. The lowest BCUT2D eigenvalue weighted by Crippen LogP contribution is -2.30. The number of benzene rings is 2. The number of nitrogens with zero attached hydrogens (tertiary/aromatic N) is 1. The average Bonchev–Trinajstić information content (AvgIpc) is 2.67. The van der Waals surface area contributed by atoms with Gasteiger partial charge in [0.15, 0.2) is 11.5 Å². The summed E-state index contributed by atoms with van der Waals surface area (Å²) in [6.07, 6.45) is 0. The van der Waals surface area contributed by atoms with Crippen molar-refractivity contribution in [3.8, 4) is 11.5 Å². The molecule has 2 aromatic rings. The molecule has 0 aliphatic rings. The molecule has 9 heteroatoms. The third-order valence-electron chi connectivity index (χ3n) is 3.78. The van der Waals surface area contributed by atoms with Crippen molar-refractivity contribution in [2.45, 2.75) is 6.61 Å². The summed E-state index contributed by atoms with van der Waals surface area (Å²) in [6, 6.07) is 11.4. The van der Waals surface area contributed by atoms with Gasteiger partial charge in [0.05, 0.1) is 32.0 Å². The molecule has 2 aromatic carbocycles. The highest BCUT2D eigenvalue weighted by Crippen LogP contribution is 2.35. The van der Waals surface area contributed by atoms with E-state index >= 15 is 0 Å². The van der Waals surface area contributed by atoms with Gasteiger partial charge in [0.25, 0.3) is 0 Å². The molecule has 0 aliphatic carbocycles. The molecule has 7 nitrogen and oxygen atoms in total. The highest BCUT2D eigenvalue weighted by atomic mass is 19.3. The standard InChI is InChI=1S/C19H20F2N2O5/c1-23(12-7-5-4-6-8-12)11-17(24)22-14-10-16(28-19(20)21)15(26-2)9-13(14)18(25)27-3/h4-10,19H,11H2,1-3H3,(H,22,24). The molecule has 0 saturated heterocycles. The van der Waals surface area contributed by atoms with E-state index in [-0.39, 0.29) is 29.3 Å². The fourth-order valence-electron chi connectivity index (χ4n) is 2.47. The number of ether oxygens (including phenoxy) is 3. The first-order valence-electron chi connectivity index (χ1n) is 8.17. The molecule has 0 saturated carbocycles. The highest BCUT2D eigenvalue weighted by Gasteiger charge is 2.21. The Morgan fingerprint density at radius 3 is 2.36 bits per heavy atom. The van der Waals surface area contributed by atoms with Gasteiger partial charge in [-0.15, -0.1) is 0 Å². The minimum absolute atomic E-state index is 0.0326. The van der Waals surface area contributed by atoms with Gasteiger partial charge in [0.1, 0.15) is 0 Å². The highest BCUT2D eigenvalue weighted by molar-refractivity contribution is 6.03. The number of nitrogens with one attached hydrogen (secondary N) is 1. The van der Waals surface area contributed by atoms with Crippen molar-refractivity contribution in [1.82, 2.24) is 0 Å². The summed E-state index contributed by atoms with van der Waals surface area (Å²) in [7, 11) is 4.12. The number of halogens is 2. The summed E-state index contributed by atoms with van der Waals surface area (Å²) in [6.45, 7) is -3.15. The molecular formula is C19H20F2N2O5. The summed E-state index contributed by atoms with van der Waals surface area (Å²) in [5, 5.41) is 2.53. The van der Waals surface area contributed by atoms with Gasteiger partial charge in [-0.05, 0) is 12.1 Å². The first kappa shape index (κ1) is 20.9. The van der Waals surface area contributed by atoms with Crippen molar-refractivity contribution in [1.29, 1.82) is 0 Å². The topological polar surface area (TPSA) is 77.1 Å². The van der Waals surface area contributed by atoms with Gasteiger partial charge in [-0.25, -0.2) is 4.79 Å². The smallest absolute Gasteiger partial charge is 0.387 e. The second-order valence-electron chi connectivity index (χ2n) is 5.66. The third kappa shape index (κ3) is 5.32. The number of para-hydroxylation sites is 1. The van der Waals surface area contributed by atoms with Crippen molar-refractivity contribution < 1.29 is 32.6 Å². The van der Waals surface area contributed by atoms with Crippen LogP contribution in [0, 0.1) is 0 Å². The van der Waals surface area contributed by atoms with E-state index in [2.05, 4.69) is 14.8 Å². The number of carbonyl (C=O) groups is 2. The number of hydrogen-bond acceptors (Lipinski definition) is 6. The van der Waals surface area contributed by atoms with Gasteiger partial charge in [-0.2, -0.15) is 8.78 Å². The maximum Gasteiger partial charge on any atom is 0.387 e. The van der Waals surface area contributed by atoms with Crippen LogP contribution in [0.15, 0.2) is 42.5 Å². The Bertz CT molecular complexity index is 831. The third-order valence-corrected chi connectivity index (χ3v) is 3.78. The first-order chi connectivity index (χ1) is 13.3. The fraction of sp³-hybridized carbons (Fsp3) is 0.263. The molecule has 1 N–H and O–H groups in total. The Morgan fingerprint density at radius 1 is 1.11 bits per heavy atom. The van der Waals surface area contributed by atoms with Crippen LogP contribution in [0.25, 0.3) is 0 Å². The Kier molecular flexibility index (Phi) is 7.14. The monoisotopic (exact) mass is 394 g/mol. The number of methoxy groups -OCH3 is 2. The Hall–Kier alpha value is -3.36. The normalized spacial score (nSPS) is 10.4. The number of likely N-dealkylation sites (N-methyl/N-ethyl adjacent to an activating group) is 1. The molecular weight excluding hydrogens is 374 g/mol. The number of rotatable bonds is 8. The van der Waals surface area contributed by atoms with Crippen LogP contribution in [0.3, 0.4) is 0 Å². The van der Waals surface area contributed by atoms with Crippen LogP contribution in [0.1, 0.15) is 10.4 Å². The van der Waals surface area contributed by atoms with Crippen LogP contribution in [0.5, 0.6) is 11.5 Å². The summed E-state index contributed by atoms with van der Waals surface area (Å²) >= 11 is 0. The molecule has 0 bridgehead atoms. The average molecular weight is 394 g/mol. The van der Waals surface area contributed by atoms with E-state index in [9.17, 15) is 18.4 Å². The Balaban J connectivity index is 2.28. The minimum Gasteiger partial charge on any atom is -0.493 e. The predicted octanol–water partition coefficient (Wildman–Crippen LogP) is 3.16. The van der Waals surface area contributed by atoms with Crippen molar-refractivity contribution >= 4 is 23.3 Å². The maximum atomic E-state index is 12.7. The van der Waals surface area contributed by atoms with E-state index in [0.717, 1.165) is 18.9 Å². The largest absolute Gasteiger partial charge is 0.493 e. The van der Waals surface area contributed by atoms with Crippen LogP contribution in [-0.2, 0) is 9.53 Å². The van der Waals surface area contributed by atoms with E-state index in [1.807, 2.05) is 30.3 Å². The lowest BCUT2D eigenvalue weighted by Gasteiger charge is -2.20. The number of carbonyl (C=O) groups excluding carboxylic acids is 2. The molecule has 0 aliphatic heterocycles. The van der Waals surface area contributed by atoms with Crippen LogP contribution in [0.2, 0.25) is 0 Å². The number of hydrogen-bond donors (Lipinski definition) is 1. The zero-order valence-corrected chi connectivity index (χ0v) is 15.6. The number of esters is 1. The van der Waals surface area contributed by atoms with Crippen molar-refractivity contribution in [2.24, 2.45) is 0 Å². The summed E-state index contributed by atoms with van der Waals surface area (Å²) in [4.78, 5) is 26.1.